The fraction of sp³-hybridized carbons (Fsp3) is 0.500. The van der Waals surface area contributed by atoms with Crippen molar-refractivity contribution in [3.05, 3.63) is 23.3 Å². The van der Waals surface area contributed by atoms with Crippen LogP contribution in [0.2, 0.25) is 0 Å². The molecule has 0 saturated heterocycles. The maximum absolute atomic E-state index is 11.7. The highest BCUT2D eigenvalue weighted by molar-refractivity contribution is 5.76. The van der Waals surface area contributed by atoms with Crippen LogP contribution in [0.15, 0.2) is 12.1 Å². The molecule has 0 aromatic heterocycles. The van der Waals surface area contributed by atoms with Crippen LogP contribution in [0.5, 0.6) is 11.5 Å². The largest absolute Gasteiger partial charge is 0.496 e. The number of amides is 1. The summed E-state index contributed by atoms with van der Waals surface area (Å²) in [6.45, 7) is 2.79. The summed E-state index contributed by atoms with van der Waals surface area (Å²) in [6, 6.07) is 3.80. The summed E-state index contributed by atoms with van der Waals surface area (Å²) in [7, 11) is 5.00. The maximum atomic E-state index is 11.7. The molecular formula is C14H22N2O3. The van der Waals surface area contributed by atoms with Gasteiger partial charge >= 0.3 is 0 Å². The minimum Gasteiger partial charge on any atom is -0.496 e. The molecule has 0 atom stereocenters. The first-order valence-electron chi connectivity index (χ1n) is 6.19. The van der Waals surface area contributed by atoms with E-state index in [0.29, 0.717) is 19.5 Å². The van der Waals surface area contributed by atoms with E-state index in [1.807, 2.05) is 19.1 Å². The van der Waals surface area contributed by atoms with Crippen molar-refractivity contribution in [2.45, 2.75) is 19.9 Å². The minimum absolute atomic E-state index is 0.0259. The molecule has 0 aliphatic rings. The molecule has 5 heteroatoms. The number of carbonyl (C=O) groups excluding carboxylic acids is 1. The number of hydrogen-bond acceptors (Lipinski definition) is 4. The Morgan fingerprint density at radius 2 is 2.00 bits per heavy atom. The van der Waals surface area contributed by atoms with Crippen LogP contribution in [0.4, 0.5) is 0 Å². The molecule has 1 rings (SSSR count). The monoisotopic (exact) mass is 266 g/mol. The number of nitrogens with zero attached hydrogens (tertiary/aromatic N) is 1. The number of benzene rings is 1. The summed E-state index contributed by atoms with van der Waals surface area (Å²) in [6.07, 6.45) is 0.355. The van der Waals surface area contributed by atoms with Crippen molar-refractivity contribution < 1.29 is 14.3 Å². The van der Waals surface area contributed by atoms with Gasteiger partial charge in [0.25, 0.3) is 0 Å². The summed E-state index contributed by atoms with van der Waals surface area (Å²) >= 11 is 0. The highest BCUT2D eigenvalue weighted by atomic mass is 16.5. The van der Waals surface area contributed by atoms with Gasteiger partial charge in [0.2, 0.25) is 5.91 Å². The van der Waals surface area contributed by atoms with E-state index in [2.05, 4.69) is 0 Å². The van der Waals surface area contributed by atoms with Gasteiger partial charge in [0.15, 0.2) is 0 Å². The molecule has 106 valence electrons. The van der Waals surface area contributed by atoms with Crippen LogP contribution in [-0.4, -0.2) is 38.6 Å². The highest BCUT2D eigenvalue weighted by Gasteiger charge is 2.15. The molecular weight excluding hydrogens is 244 g/mol. The van der Waals surface area contributed by atoms with Crippen molar-refractivity contribution in [1.82, 2.24) is 4.90 Å². The van der Waals surface area contributed by atoms with Gasteiger partial charge < -0.3 is 20.1 Å². The standard InChI is InChI=1S/C14H22N2O3/c1-10-12(18-3)6-5-11(14(10)19-4)9-16(2)13(17)7-8-15/h5-6H,7-9,15H2,1-4H3. The summed E-state index contributed by atoms with van der Waals surface area (Å²) in [5.74, 6) is 1.56. The molecule has 1 amide bonds. The van der Waals surface area contributed by atoms with E-state index in [0.717, 1.165) is 22.6 Å². The summed E-state index contributed by atoms with van der Waals surface area (Å²) < 4.78 is 10.7. The zero-order valence-electron chi connectivity index (χ0n) is 12.0. The lowest BCUT2D eigenvalue weighted by Gasteiger charge is -2.20. The van der Waals surface area contributed by atoms with Crippen molar-refractivity contribution >= 4 is 5.91 Å². The molecule has 0 bridgehead atoms. The van der Waals surface area contributed by atoms with E-state index in [9.17, 15) is 4.79 Å². The summed E-state index contributed by atoms with van der Waals surface area (Å²) in [5.41, 5.74) is 7.28. The Kier molecular flexibility index (Phi) is 5.63. The first-order chi connectivity index (χ1) is 9.04. The van der Waals surface area contributed by atoms with Crippen LogP contribution in [0.3, 0.4) is 0 Å². The van der Waals surface area contributed by atoms with Gasteiger partial charge in [-0.2, -0.15) is 0 Å². The zero-order chi connectivity index (χ0) is 14.4. The van der Waals surface area contributed by atoms with Crippen LogP contribution in [0, 0.1) is 6.92 Å². The van der Waals surface area contributed by atoms with E-state index < -0.39 is 0 Å². The molecule has 0 unspecified atom stereocenters. The molecule has 2 N–H and O–H groups in total. The van der Waals surface area contributed by atoms with Crippen molar-refractivity contribution in [3.8, 4) is 11.5 Å². The first kappa shape index (κ1) is 15.3. The Morgan fingerprint density at radius 3 is 2.53 bits per heavy atom. The molecule has 1 aromatic rings. The van der Waals surface area contributed by atoms with Gasteiger partial charge in [0.1, 0.15) is 11.5 Å². The summed E-state index contributed by atoms with van der Waals surface area (Å²) in [5, 5.41) is 0. The lowest BCUT2D eigenvalue weighted by atomic mass is 10.1. The van der Waals surface area contributed by atoms with Gasteiger partial charge in [-0.3, -0.25) is 4.79 Å². The number of nitrogens with two attached hydrogens (primary N) is 1. The number of rotatable bonds is 6. The Hall–Kier alpha value is -1.75. The second-order valence-corrected chi connectivity index (χ2v) is 4.37. The summed E-state index contributed by atoms with van der Waals surface area (Å²) in [4.78, 5) is 13.4. The molecule has 5 nitrogen and oxygen atoms in total. The quantitative estimate of drug-likeness (QED) is 0.843. The van der Waals surface area contributed by atoms with E-state index >= 15 is 0 Å². The minimum atomic E-state index is 0.0259. The molecule has 0 heterocycles. The van der Waals surface area contributed by atoms with Crippen LogP contribution in [0.1, 0.15) is 17.5 Å². The molecule has 0 aliphatic heterocycles. The van der Waals surface area contributed by atoms with E-state index in [1.165, 1.54) is 0 Å². The maximum Gasteiger partial charge on any atom is 0.223 e. The third-order valence-corrected chi connectivity index (χ3v) is 3.05. The topological polar surface area (TPSA) is 64.8 Å². The second kappa shape index (κ2) is 6.99. The average Bonchev–Trinajstić information content (AvgIpc) is 2.39. The number of carbonyl (C=O) groups is 1. The van der Waals surface area contributed by atoms with Gasteiger partial charge in [-0.1, -0.05) is 0 Å². The molecule has 1 aromatic carbocycles. The molecule has 0 radical (unpaired) electrons. The van der Waals surface area contributed by atoms with Crippen molar-refractivity contribution in [1.29, 1.82) is 0 Å². The predicted octanol–water partition coefficient (Wildman–Crippen LogP) is 1.32. The Labute approximate surface area is 114 Å². The highest BCUT2D eigenvalue weighted by Crippen LogP contribution is 2.31. The van der Waals surface area contributed by atoms with Crippen molar-refractivity contribution in [2.75, 3.05) is 27.8 Å². The van der Waals surface area contributed by atoms with Crippen LogP contribution >= 0.6 is 0 Å². The van der Waals surface area contributed by atoms with Crippen LogP contribution < -0.4 is 15.2 Å². The molecule has 19 heavy (non-hydrogen) atoms. The smallest absolute Gasteiger partial charge is 0.223 e. The fourth-order valence-corrected chi connectivity index (χ4v) is 2.02. The fourth-order valence-electron chi connectivity index (χ4n) is 2.02. The molecule has 0 spiro atoms. The normalized spacial score (nSPS) is 10.2. The molecule has 0 aliphatic carbocycles. The number of hydrogen-bond donors (Lipinski definition) is 1. The zero-order valence-corrected chi connectivity index (χ0v) is 12.0. The van der Waals surface area contributed by atoms with E-state index in [-0.39, 0.29) is 5.91 Å². The van der Waals surface area contributed by atoms with Gasteiger partial charge in [-0.25, -0.2) is 0 Å². The van der Waals surface area contributed by atoms with Gasteiger partial charge in [0, 0.05) is 37.7 Å². The van der Waals surface area contributed by atoms with Gasteiger partial charge in [-0.15, -0.1) is 0 Å². The van der Waals surface area contributed by atoms with Crippen LogP contribution in [-0.2, 0) is 11.3 Å². The van der Waals surface area contributed by atoms with Crippen LogP contribution in [0.25, 0.3) is 0 Å². The Balaban J connectivity index is 2.95. The Morgan fingerprint density at radius 1 is 1.32 bits per heavy atom. The SMILES string of the molecule is COc1ccc(CN(C)C(=O)CCN)c(OC)c1C. The third kappa shape index (κ3) is 3.61. The van der Waals surface area contributed by atoms with Gasteiger partial charge in [-0.05, 0) is 19.1 Å². The average molecular weight is 266 g/mol. The lowest BCUT2D eigenvalue weighted by molar-refractivity contribution is -0.130. The van der Waals surface area contributed by atoms with Crippen molar-refractivity contribution in [2.24, 2.45) is 5.73 Å². The van der Waals surface area contributed by atoms with Crippen molar-refractivity contribution in [3.63, 3.8) is 0 Å². The van der Waals surface area contributed by atoms with E-state index in [4.69, 9.17) is 15.2 Å². The Bertz CT molecular complexity index is 447. The number of methoxy groups -OCH3 is 2. The van der Waals surface area contributed by atoms with Gasteiger partial charge in [0.05, 0.1) is 14.2 Å². The molecule has 0 saturated carbocycles. The second-order valence-electron chi connectivity index (χ2n) is 4.37. The lowest BCUT2D eigenvalue weighted by Crippen LogP contribution is -2.28. The van der Waals surface area contributed by atoms with E-state index in [1.54, 1.807) is 26.2 Å². The third-order valence-electron chi connectivity index (χ3n) is 3.05. The predicted molar refractivity (Wildman–Crippen MR) is 74.4 cm³/mol. The number of ether oxygens (including phenoxy) is 2. The molecule has 0 fully saturated rings. The first-order valence-corrected chi connectivity index (χ1v) is 6.19.